The summed E-state index contributed by atoms with van der Waals surface area (Å²) in [5.41, 5.74) is 10.3. The maximum atomic E-state index is 12.7. The Kier molecular flexibility index (Phi) is 6.68. The Morgan fingerprint density at radius 3 is 2.30 bits per heavy atom. The third kappa shape index (κ3) is 5.57. The Morgan fingerprint density at radius 1 is 0.970 bits per heavy atom. The summed E-state index contributed by atoms with van der Waals surface area (Å²) in [4.78, 5) is 36.2. The number of benzene rings is 2. The highest BCUT2D eigenvalue weighted by molar-refractivity contribution is 5.94. The molecule has 2 amide bonds. The van der Waals surface area contributed by atoms with E-state index in [1.165, 1.54) is 18.7 Å². The first-order chi connectivity index (χ1) is 16.0. The first-order valence-corrected chi connectivity index (χ1v) is 10.8. The number of aryl methyl sites for hydroxylation is 1. The van der Waals surface area contributed by atoms with Crippen LogP contribution in [-0.4, -0.2) is 52.9 Å². The Labute approximate surface area is 193 Å². The number of hydrazine groups is 2. The first kappa shape index (κ1) is 22.1. The topological polar surface area (TPSA) is 93.7 Å². The zero-order chi connectivity index (χ0) is 23.2. The van der Waals surface area contributed by atoms with Gasteiger partial charge in [-0.05, 0) is 48.9 Å². The van der Waals surface area contributed by atoms with Gasteiger partial charge in [0.05, 0.1) is 16.9 Å². The average Bonchev–Trinajstić information content (AvgIpc) is 2.84. The van der Waals surface area contributed by atoms with Crippen molar-refractivity contribution in [1.29, 1.82) is 0 Å². The first-order valence-electron chi connectivity index (χ1n) is 10.8. The molecule has 0 unspecified atom stereocenters. The second kappa shape index (κ2) is 9.99. The molecule has 1 aliphatic heterocycles. The molecule has 0 radical (unpaired) electrons. The number of piperazine rings is 1. The van der Waals surface area contributed by atoms with Gasteiger partial charge in [0.25, 0.3) is 5.91 Å². The summed E-state index contributed by atoms with van der Waals surface area (Å²) >= 11 is 0. The number of rotatable bonds is 6. The van der Waals surface area contributed by atoms with Gasteiger partial charge in [0.15, 0.2) is 0 Å². The van der Waals surface area contributed by atoms with Crippen LogP contribution in [0.4, 0.5) is 17.1 Å². The van der Waals surface area contributed by atoms with Crippen LogP contribution >= 0.6 is 0 Å². The minimum absolute atomic E-state index is 0.120. The number of amides is 2. The van der Waals surface area contributed by atoms with E-state index in [4.69, 9.17) is 0 Å². The van der Waals surface area contributed by atoms with E-state index in [0.29, 0.717) is 5.56 Å². The molecular weight excluding hydrogens is 418 g/mol. The fourth-order valence-corrected chi connectivity index (χ4v) is 3.66. The summed E-state index contributed by atoms with van der Waals surface area (Å²) in [6.07, 6.45) is 4.32. The Bertz CT molecular complexity index is 1100. The van der Waals surface area contributed by atoms with Gasteiger partial charge >= 0.3 is 0 Å². The molecule has 2 heterocycles. The van der Waals surface area contributed by atoms with E-state index in [9.17, 15) is 9.59 Å². The number of hydrogen-bond acceptors (Lipinski definition) is 7. The van der Waals surface area contributed by atoms with Gasteiger partial charge in [-0.3, -0.25) is 15.0 Å². The molecule has 1 aliphatic rings. The molecule has 0 bridgehead atoms. The van der Waals surface area contributed by atoms with Crippen molar-refractivity contribution >= 4 is 28.9 Å². The lowest BCUT2D eigenvalue weighted by Gasteiger charge is -2.35. The van der Waals surface area contributed by atoms with Crippen molar-refractivity contribution in [1.82, 2.24) is 20.3 Å². The number of hydrogen-bond donors (Lipinski definition) is 2. The largest absolute Gasteiger partial charge is 0.368 e. The highest BCUT2D eigenvalue weighted by Crippen LogP contribution is 2.22. The van der Waals surface area contributed by atoms with Gasteiger partial charge in [0.1, 0.15) is 6.33 Å². The van der Waals surface area contributed by atoms with E-state index < -0.39 is 0 Å². The van der Waals surface area contributed by atoms with E-state index in [0.717, 1.165) is 48.8 Å². The zero-order valence-electron chi connectivity index (χ0n) is 18.7. The average molecular weight is 446 g/mol. The van der Waals surface area contributed by atoms with Gasteiger partial charge in [-0.2, -0.15) is 5.12 Å². The lowest BCUT2D eigenvalue weighted by Crippen LogP contribution is -2.48. The van der Waals surface area contributed by atoms with Crippen molar-refractivity contribution in [2.75, 3.05) is 41.6 Å². The van der Waals surface area contributed by atoms with Crippen LogP contribution in [0, 0.1) is 6.92 Å². The molecule has 2 N–H and O–H groups in total. The van der Waals surface area contributed by atoms with Crippen LogP contribution in [0.1, 0.15) is 22.8 Å². The predicted molar refractivity (Wildman–Crippen MR) is 128 cm³/mol. The monoisotopic (exact) mass is 445 g/mol. The standard InChI is InChI=1S/C24H27N7O2/c1-18-4-3-5-23(14-18)31(28-24(33)20-15-25-17-26-16-20)27-21-6-8-22(9-7-21)30-12-10-29(11-13-30)19(2)32/h3-9,14-17,27H,10-13H2,1-2H3,(H,28,33). The van der Waals surface area contributed by atoms with Crippen molar-refractivity contribution in [2.24, 2.45) is 0 Å². The molecule has 0 aliphatic carbocycles. The second-order valence-electron chi connectivity index (χ2n) is 7.89. The van der Waals surface area contributed by atoms with E-state index in [1.54, 1.807) is 12.0 Å². The van der Waals surface area contributed by atoms with E-state index in [2.05, 4.69) is 25.7 Å². The molecule has 170 valence electrons. The number of carbonyl (C=O) groups excluding carboxylic acids is 2. The fourth-order valence-electron chi connectivity index (χ4n) is 3.66. The molecule has 0 atom stereocenters. The van der Waals surface area contributed by atoms with Gasteiger partial charge in [-0.1, -0.05) is 12.1 Å². The highest BCUT2D eigenvalue weighted by Gasteiger charge is 2.19. The summed E-state index contributed by atoms with van der Waals surface area (Å²) in [5.74, 6) is -0.209. The number of nitrogens with zero attached hydrogens (tertiary/aromatic N) is 5. The Hall–Kier alpha value is -4.14. The van der Waals surface area contributed by atoms with Crippen LogP contribution in [0.25, 0.3) is 0 Å². The molecule has 9 nitrogen and oxygen atoms in total. The van der Waals surface area contributed by atoms with Crippen molar-refractivity contribution in [3.05, 3.63) is 78.4 Å². The van der Waals surface area contributed by atoms with Crippen molar-refractivity contribution < 1.29 is 9.59 Å². The molecule has 33 heavy (non-hydrogen) atoms. The number of nitrogens with one attached hydrogen (secondary N) is 2. The van der Waals surface area contributed by atoms with Crippen molar-refractivity contribution in [3.8, 4) is 0 Å². The minimum atomic E-state index is -0.329. The second-order valence-corrected chi connectivity index (χ2v) is 7.89. The Balaban J connectivity index is 1.48. The number of anilines is 3. The lowest BCUT2D eigenvalue weighted by atomic mass is 10.2. The van der Waals surface area contributed by atoms with Gasteiger partial charge in [-0.25, -0.2) is 15.4 Å². The molecule has 4 rings (SSSR count). The molecule has 9 heteroatoms. The minimum Gasteiger partial charge on any atom is -0.368 e. The van der Waals surface area contributed by atoms with Crippen LogP contribution < -0.4 is 20.9 Å². The molecule has 3 aromatic rings. The molecule has 0 saturated carbocycles. The zero-order valence-corrected chi connectivity index (χ0v) is 18.7. The SMILES string of the molecule is CC(=O)N1CCN(c2ccc(NN(NC(=O)c3cncnc3)c3cccc(C)c3)cc2)CC1. The normalized spacial score (nSPS) is 13.4. The smallest absolute Gasteiger partial charge is 0.274 e. The summed E-state index contributed by atoms with van der Waals surface area (Å²) in [6.45, 7) is 6.67. The fraction of sp³-hybridized carbons (Fsp3) is 0.250. The Morgan fingerprint density at radius 2 is 1.67 bits per heavy atom. The molecule has 2 aromatic carbocycles. The maximum absolute atomic E-state index is 12.7. The number of carbonyl (C=O) groups is 2. The molecule has 1 aromatic heterocycles. The summed E-state index contributed by atoms with van der Waals surface area (Å²) in [5, 5.41) is 1.59. The van der Waals surface area contributed by atoms with Crippen LogP contribution in [0.3, 0.4) is 0 Å². The van der Waals surface area contributed by atoms with Gasteiger partial charge < -0.3 is 9.80 Å². The van der Waals surface area contributed by atoms with Crippen LogP contribution in [0.5, 0.6) is 0 Å². The molecule has 1 saturated heterocycles. The summed E-state index contributed by atoms with van der Waals surface area (Å²) < 4.78 is 0. The van der Waals surface area contributed by atoms with Crippen molar-refractivity contribution in [2.45, 2.75) is 13.8 Å². The van der Waals surface area contributed by atoms with E-state index in [1.807, 2.05) is 60.4 Å². The molecular formula is C24H27N7O2. The van der Waals surface area contributed by atoms with Crippen molar-refractivity contribution in [3.63, 3.8) is 0 Å². The quantitative estimate of drug-likeness (QED) is 0.564. The van der Waals surface area contributed by atoms with Crippen LogP contribution in [-0.2, 0) is 4.79 Å². The predicted octanol–water partition coefficient (Wildman–Crippen LogP) is 2.63. The summed E-state index contributed by atoms with van der Waals surface area (Å²) in [6, 6.07) is 15.8. The van der Waals surface area contributed by atoms with Gasteiger partial charge in [-0.15, -0.1) is 0 Å². The third-order valence-corrected chi connectivity index (χ3v) is 5.49. The summed E-state index contributed by atoms with van der Waals surface area (Å²) in [7, 11) is 0. The molecule has 0 spiro atoms. The maximum Gasteiger partial charge on any atom is 0.274 e. The van der Waals surface area contributed by atoms with Crippen LogP contribution in [0.2, 0.25) is 0 Å². The lowest BCUT2D eigenvalue weighted by molar-refractivity contribution is -0.129. The van der Waals surface area contributed by atoms with E-state index >= 15 is 0 Å². The van der Waals surface area contributed by atoms with Crippen LogP contribution in [0.15, 0.2) is 67.3 Å². The third-order valence-electron chi connectivity index (χ3n) is 5.49. The van der Waals surface area contributed by atoms with E-state index in [-0.39, 0.29) is 11.8 Å². The highest BCUT2D eigenvalue weighted by atomic mass is 16.2. The van der Waals surface area contributed by atoms with Gasteiger partial charge in [0.2, 0.25) is 5.91 Å². The number of aromatic nitrogens is 2. The molecule has 1 fully saturated rings. The van der Waals surface area contributed by atoms with Gasteiger partial charge in [0, 0.05) is 51.2 Å².